The van der Waals surface area contributed by atoms with Crippen molar-refractivity contribution in [3.63, 3.8) is 0 Å². The van der Waals surface area contributed by atoms with Gasteiger partial charge in [-0.1, -0.05) is 48.5 Å². The Balaban J connectivity index is 1.52. The maximum atomic E-state index is 5.63. The van der Waals surface area contributed by atoms with E-state index in [0.717, 1.165) is 67.1 Å². The van der Waals surface area contributed by atoms with Gasteiger partial charge in [0.2, 0.25) is 0 Å². The van der Waals surface area contributed by atoms with Gasteiger partial charge < -0.3 is 9.97 Å². The third-order valence-electron chi connectivity index (χ3n) is 11.1. The molecule has 0 amide bonds. The van der Waals surface area contributed by atoms with E-state index in [4.69, 9.17) is 9.97 Å². The van der Waals surface area contributed by atoms with Gasteiger partial charge in [-0.2, -0.15) is 0 Å². The Morgan fingerprint density at radius 2 is 0.517 bits per heavy atom. The van der Waals surface area contributed by atoms with Crippen molar-refractivity contribution in [2.75, 3.05) is 50.0 Å². The molecule has 0 atom stereocenters. The number of nitrogens with zero attached hydrogens (tertiary/aromatic N) is 2. The SMILES string of the molecule is C[S+](C)c1ccccc1-c1c2nc(c(-c3ccccc3[S+](C)C)c3ccc([nH]3)c(-c3ccccc3[S+](C)C)c3nc(c(-c4ccccc4[S+](C)C)c4ccc1[nH]4)C=C3)C=C2. The monoisotopic (exact) mass is 858 g/mol. The molecule has 298 valence electrons. The largest absolute Gasteiger partial charge is 0.354 e. The fraction of sp³-hybridized carbons (Fsp3) is 0.154. The molecule has 0 aliphatic carbocycles. The summed E-state index contributed by atoms with van der Waals surface area (Å²) in [5.74, 6) is 0. The van der Waals surface area contributed by atoms with E-state index in [1.54, 1.807) is 0 Å². The number of fused-ring (bicyclic) bond motifs is 8. The van der Waals surface area contributed by atoms with Gasteiger partial charge in [0.05, 0.1) is 22.8 Å². The molecule has 0 radical (unpaired) electrons. The summed E-state index contributed by atoms with van der Waals surface area (Å²) in [7, 11) is 0.0163. The topological polar surface area (TPSA) is 57.4 Å². The van der Waals surface area contributed by atoms with Gasteiger partial charge in [-0.25, -0.2) is 9.97 Å². The molecule has 7 aromatic rings. The third-order valence-corrected chi connectivity index (χ3v) is 16.1. The van der Waals surface area contributed by atoms with Crippen LogP contribution in [0.3, 0.4) is 0 Å². The van der Waals surface area contributed by atoms with Gasteiger partial charge in [-0.3, -0.25) is 0 Å². The van der Waals surface area contributed by atoms with Gasteiger partial charge in [-0.05, 0) is 97.1 Å². The highest BCUT2D eigenvalue weighted by Gasteiger charge is 2.27. The van der Waals surface area contributed by atoms with Crippen LogP contribution in [0.15, 0.2) is 141 Å². The van der Waals surface area contributed by atoms with Crippen molar-refractivity contribution in [1.29, 1.82) is 0 Å². The average molecular weight is 859 g/mol. The van der Waals surface area contributed by atoms with Crippen molar-refractivity contribution in [2.24, 2.45) is 0 Å². The zero-order valence-corrected chi connectivity index (χ0v) is 38.6. The first kappa shape index (κ1) is 40.3. The van der Waals surface area contributed by atoms with E-state index < -0.39 is 0 Å². The third kappa shape index (κ3) is 7.38. The minimum absolute atomic E-state index is 0.00409. The quantitative estimate of drug-likeness (QED) is 0.150. The summed E-state index contributed by atoms with van der Waals surface area (Å²) in [5.41, 5.74) is 17.0. The number of hydrogen-bond donors (Lipinski definition) is 2. The summed E-state index contributed by atoms with van der Waals surface area (Å²) in [4.78, 5) is 24.5. The van der Waals surface area contributed by atoms with Gasteiger partial charge >= 0.3 is 0 Å². The molecule has 2 N–H and O–H groups in total. The molecule has 0 saturated heterocycles. The first-order valence-electron chi connectivity index (χ1n) is 19.9. The van der Waals surface area contributed by atoms with E-state index in [2.05, 4.69) is 206 Å². The summed E-state index contributed by atoms with van der Waals surface area (Å²) in [5, 5.41) is 0. The molecule has 3 aromatic heterocycles. The van der Waals surface area contributed by atoms with Gasteiger partial charge in [0.15, 0.2) is 19.6 Å². The molecule has 4 nitrogen and oxygen atoms in total. The van der Waals surface area contributed by atoms with E-state index in [9.17, 15) is 0 Å². The molecule has 0 unspecified atom stereocenters. The number of H-pyrrole nitrogens is 2. The number of aromatic amines is 2. The molecule has 2 aliphatic rings. The summed E-state index contributed by atoms with van der Waals surface area (Å²) in [6, 6.07) is 44.4. The lowest BCUT2D eigenvalue weighted by molar-refractivity contribution is 1.29. The molecular formula is C52H50N4S4+4. The van der Waals surface area contributed by atoms with Crippen LogP contribution in [-0.4, -0.2) is 70.0 Å². The molecule has 0 spiro atoms. The first-order valence-corrected chi connectivity index (χ1v) is 28.1. The lowest BCUT2D eigenvalue weighted by Crippen LogP contribution is -2.01. The Morgan fingerprint density at radius 1 is 0.300 bits per heavy atom. The molecule has 5 heterocycles. The smallest absolute Gasteiger partial charge is 0.162 e. The highest BCUT2D eigenvalue weighted by Crippen LogP contribution is 2.42. The van der Waals surface area contributed by atoms with Crippen LogP contribution in [0, 0.1) is 0 Å². The Bertz CT molecular complexity index is 2620. The Hall–Kier alpha value is -5.12. The molecule has 8 bridgehead atoms. The van der Waals surface area contributed by atoms with Crippen LogP contribution < -0.4 is 0 Å². The van der Waals surface area contributed by atoms with Crippen LogP contribution in [0.4, 0.5) is 0 Å². The molecular weight excluding hydrogens is 809 g/mol. The van der Waals surface area contributed by atoms with Gasteiger partial charge in [0.1, 0.15) is 50.0 Å². The minimum atomic E-state index is 0.00409. The van der Waals surface area contributed by atoms with Gasteiger partial charge in [0.25, 0.3) is 0 Å². The van der Waals surface area contributed by atoms with Crippen LogP contribution >= 0.6 is 0 Å². The van der Waals surface area contributed by atoms with Crippen LogP contribution in [-0.2, 0) is 43.6 Å². The maximum absolute atomic E-state index is 5.63. The van der Waals surface area contributed by atoms with E-state index in [1.807, 2.05) is 0 Å². The van der Waals surface area contributed by atoms with Crippen molar-refractivity contribution in [3.8, 4) is 44.5 Å². The lowest BCUT2D eigenvalue weighted by atomic mass is 10.0. The van der Waals surface area contributed by atoms with Crippen molar-refractivity contribution in [2.45, 2.75) is 19.6 Å². The van der Waals surface area contributed by atoms with Crippen LogP contribution in [0.5, 0.6) is 0 Å². The second kappa shape index (κ2) is 16.7. The highest BCUT2D eigenvalue weighted by atomic mass is 32.2. The predicted octanol–water partition coefficient (Wildman–Crippen LogP) is 12.3. The Morgan fingerprint density at radius 3 is 0.733 bits per heavy atom. The molecule has 4 aromatic carbocycles. The molecule has 0 fully saturated rings. The number of hydrogen-bond acceptors (Lipinski definition) is 2. The van der Waals surface area contributed by atoms with E-state index >= 15 is 0 Å². The highest BCUT2D eigenvalue weighted by molar-refractivity contribution is 7.96. The first-order chi connectivity index (χ1) is 29.1. The number of nitrogens with one attached hydrogen (secondary N) is 2. The summed E-state index contributed by atoms with van der Waals surface area (Å²) >= 11 is 0. The fourth-order valence-electron chi connectivity index (χ4n) is 8.46. The summed E-state index contributed by atoms with van der Waals surface area (Å²) < 4.78 is 0. The Kier molecular flexibility index (Phi) is 11.2. The molecule has 2 aliphatic heterocycles. The molecule has 9 rings (SSSR count). The lowest BCUT2D eigenvalue weighted by Gasteiger charge is -2.10. The van der Waals surface area contributed by atoms with Crippen molar-refractivity contribution in [1.82, 2.24) is 19.9 Å². The van der Waals surface area contributed by atoms with E-state index in [1.165, 1.54) is 41.8 Å². The van der Waals surface area contributed by atoms with Gasteiger partial charge in [0, 0.05) is 110 Å². The van der Waals surface area contributed by atoms with Crippen LogP contribution in [0.2, 0.25) is 0 Å². The number of benzene rings is 4. The van der Waals surface area contributed by atoms with Crippen LogP contribution in [0.25, 0.3) is 90.9 Å². The average Bonchev–Trinajstić information content (AvgIpc) is 4.09. The van der Waals surface area contributed by atoms with E-state index in [0.29, 0.717) is 0 Å². The van der Waals surface area contributed by atoms with E-state index in [-0.39, 0.29) is 43.6 Å². The maximum Gasteiger partial charge on any atom is 0.162 e. The minimum Gasteiger partial charge on any atom is -0.354 e. The second-order valence-corrected chi connectivity index (χ2v) is 24.0. The summed E-state index contributed by atoms with van der Waals surface area (Å²) in [6.07, 6.45) is 27.3. The molecule has 0 saturated carbocycles. The predicted molar refractivity (Wildman–Crippen MR) is 271 cm³/mol. The van der Waals surface area contributed by atoms with Gasteiger partial charge in [-0.15, -0.1) is 0 Å². The fourth-order valence-corrected chi connectivity index (χ4v) is 12.3. The van der Waals surface area contributed by atoms with Crippen molar-refractivity contribution < 1.29 is 0 Å². The summed E-state index contributed by atoms with van der Waals surface area (Å²) in [6.45, 7) is 0. The zero-order chi connectivity index (χ0) is 41.7. The molecule has 8 heteroatoms. The Labute approximate surface area is 365 Å². The molecule has 60 heavy (non-hydrogen) atoms. The zero-order valence-electron chi connectivity index (χ0n) is 35.4. The van der Waals surface area contributed by atoms with Crippen molar-refractivity contribution in [3.05, 3.63) is 144 Å². The van der Waals surface area contributed by atoms with Crippen molar-refractivity contribution >= 4 is 90.0 Å². The van der Waals surface area contributed by atoms with Crippen LogP contribution in [0.1, 0.15) is 22.8 Å². The standard InChI is InChI=1S/C52H50N4S4/c1-57(2)45-21-13-9-17-33(45)49-37-25-27-39(53-37)50(34-18-10-14-22-46(34)58(3)4)41-29-31-43(55-41)52(36-20-12-16-24-48(36)60(7)8)44-32-30-42(56-44)51(40-28-26-38(49)54-40)35-19-11-15-23-47(35)59(5)6/h9-32,53,56H,1-8H3/q+4. The normalized spacial score (nSPS) is 12.5. The number of aromatic nitrogens is 4. The number of rotatable bonds is 8. The second-order valence-electron chi connectivity index (χ2n) is 15.8.